The van der Waals surface area contributed by atoms with Crippen molar-refractivity contribution in [1.29, 1.82) is 0 Å². The number of hydrogen-bond acceptors (Lipinski definition) is 1. The first-order valence-corrected chi connectivity index (χ1v) is 5.18. The molecule has 2 rings (SSSR count). The summed E-state index contributed by atoms with van der Waals surface area (Å²) >= 11 is 11.7. The van der Waals surface area contributed by atoms with Crippen LogP contribution in [0.15, 0.2) is 18.2 Å². The van der Waals surface area contributed by atoms with Crippen molar-refractivity contribution in [2.75, 3.05) is 0 Å². The van der Waals surface area contributed by atoms with E-state index in [9.17, 15) is 0 Å². The Morgan fingerprint density at radius 2 is 1.93 bits per heavy atom. The van der Waals surface area contributed by atoms with E-state index in [-0.39, 0.29) is 12.4 Å². The molecule has 0 unspecified atom stereocenters. The van der Waals surface area contributed by atoms with Crippen LogP contribution >= 0.6 is 35.6 Å². The maximum Gasteiger partial charge on any atom is 0.0595 e. The number of benzene rings is 1. The largest absolute Gasteiger partial charge is 0.310 e. The van der Waals surface area contributed by atoms with Crippen LogP contribution in [-0.2, 0) is 6.54 Å². The summed E-state index contributed by atoms with van der Waals surface area (Å²) in [4.78, 5) is 0. The summed E-state index contributed by atoms with van der Waals surface area (Å²) in [5.74, 6) is 0. The second kappa shape index (κ2) is 5.22. The normalized spacial score (nSPS) is 15.0. The van der Waals surface area contributed by atoms with E-state index in [4.69, 9.17) is 23.2 Å². The molecule has 0 atom stereocenters. The van der Waals surface area contributed by atoms with Crippen LogP contribution in [-0.4, -0.2) is 6.04 Å². The zero-order chi connectivity index (χ0) is 9.26. The van der Waals surface area contributed by atoms with Gasteiger partial charge in [-0.05, 0) is 30.5 Å². The van der Waals surface area contributed by atoms with Crippen LogP contribution in [0.1, 0.15) is 18.4 Å². The van der Waals surface area contributed by atoms with E-state index in [1.807, 2.05) is 18.2 Å². The maximum atomic E-state index is 5.89. The molecule has 4 heteroatoms. The van der Waals surface area contributed by atoms with Gasteiger partial charge in [-0.1, -0.05) is 29.3 Å². The van der Waals surface area contributed by atoms with Crippen molar-refractivity contribution in [2.45, 2.75) is 25.4 Å². The fourth-order valence-electron chi connectivity index (χ4n) is 1.20. The van der Waals surface area contributed by atoms with Gasteiger partial charge >= 0.3 is 0 Å². The van der Waals surface area contributed by atoms with Crippen LogP contribution in [0, 0.1) is 0 Å². The fraction of sp³-hybridized carbons (Fsp3) is 0.400. The van der Waals surface area contributed by atoms with Crippen molar-refractivity contribution in [3.63, 3.8) is 0 Å². The first-order chi connectivity index (χ1) is 6.25. The Morgan fingerprint density at radius 1 is 1.21 bits per heavy atom. The minimum absolute atomic E-state index is 0. The van der Waals surface area contributed by atoms with E-state index in [0.29, 0.717) is 10.0 Å². The van der Waals surface area contributed by atoms with Gasteiger partial charge in [0.05, 0.1) is 10.0 Å². The first-order valence-electron chi connectivity index (χ1n) is 4.43. The lowest BCUT2D eigenvalue weighted by molar-refractivity contribution is 0.688. The van der Waals surface area contributed by atoms with Gasteiger partial charge in [0.15, 0.2) is 0 Å². The number of halogens is 3. The van der Waals surface area contributed by atoms with Gasteiger partial charge in [0.2, 0.25) is 0 Å². The van der Waals surface area contributed by atoms with E-state index in [1.54, 1.807) is 0 Å². The van der Waals surface area contributed by atoms with Crippen molar-refractivity contribution >= 4 is 35.6 Å². The second-order valence-corrected chi connectivity index (χ2v) is 4.22. The topological polar surface area (TPSA) is 12.0 Å². The van der Waals surface area contributed by atoms with Crippen LogP contribution in [0.4, 0.5) is 0 Å². The van der Waals surface area contributed by atoms with Crippen molar-refractivity contribution < 1.29 is 0 Å². The van der Waals surface area contributed by atoms with Gasteiger partial charge in [0, 0.05) is 12.6 Å². The van der Waals surface area contributed by atoms with Crippen LogP contribution in [0.3, 0.4) is 0 Å². The standard InChI is InChI=1S/C10H11Cl2N.ClH/c11-9-4-1-7(5-10(9)12)6-13-8-2-3-8;/h1,4-5,8,13H,2-3,6H2;1H. The van der Waals surface area contributed by atoms with Crippen molar-refractivity contribution in [3.05, 3.63) is 33.8 Å². The van der Waals surface area contributed by atoms with Gasteiger partial charge in [-0.15, -0.1) is 12.4 Å². The quantitative estimate of drug-likeness (QED) is 0.865. The van der Waals surface area contributed by atoms with Crippen LogP contribution in [0.2, 0.25) is 10.0 Å². The Balaban J connectivity index is 0.000000980. The second-order valence-electron chi connectivity index (χ2n) is 3.40. The van der Waals surface area contributed by atoms with Gasteiger partial charge in [-0.25, -0.2) is 0 Å². The molecular formula is C10H12Cl3N. The predicted octanol–water partition coefficient (Wildman–Crippen LogP) is 3.67. The molecule has 14 heavy (non-hydrogen) atoms. The fourth-order valence-corrected chi connectivity index (χ4v) is 1.52. The maximum absolute atomic E-state index is 5.89. The average molecular weight is 253 g/mol. The SMILES string of the molecule is Cl.Clc1ccc(CNC2CC2)cc1Cl. The average Bonchev–Trinajstić information content (AvgIpc) is 2.91. The molecule has 1 aromatic carbocycles. The number of nitrogens with one attached hydrogen (secondary N) is 1. The third-order valence-corrected chi connectivity index (χ3v) is 2.90. The molecule has 1 saturated carbocycles. The van der Waals surface area contributed by atoms with E-state index in [2.05, 4.69) is 5.32 Å². The van der Waals surface area contributed by atoms with E-state index in [0.717, 1.165) is 12.6 Å². The van der Waals surface area contributed by atoms with Gasteiger partial charge in [0.25, 0.3) is 0 Å². The van der Waals surface area contributed by atoms with Crippen molar-refractivity contribution in [2.24, 2.45) is 0 Å². The highest BCUT2D eigenvalue weighted by Gasteiger charge is 2.19. The number of hydrogen-bond donors (Lipinski definition) is 1. The Hall–Kier alpha value is 0.0500. The van der Waals surface area contributed by atoms with Crippen LogP contribution < -0.4 is 5.32 Å². The zero-order valence-electron chi connectivity index (χ0n) is 7.59. The smallest absolute Gasteiger partial charge is 0.0595 e. The minimum Gasteiger partial charge on any atom is -0.310 e. The predicted molar refractivity (Wildman–Crippen MR) is 63.6 cm³/mol. The Morgan fingerprint density at radius 3 is 2.50 bits per heavy atom. The highest BCUT2D eigenvalue weighted by Crippen LogP contribution is 2.23. The van der Waals surface area contributed by atoms with E-state index < -0.39 is 0 Å². The lowest BCUT2D eigenvalue weighted by Crippen LogP contribution is -2.15. The molecule has 78 valence electrons. The molecule has 0 spiro atoms. The van der Waals surface area contributed by atoms with Crippen molar-refractivity contribution in [3.8, 4) is 0 Å². The molecule has 0 aliphatic heterocycles. The lowest BCUT2D eigenvalue weighted by atomic mass is 10.2. The summed E-state index contributed by atoms with van der Waals surface area (Å²) < 4.78 is 0. The molecule has 1 aliphatic carbocycles. The first kappa shape index (κ1) is 12.1. The van der Waals surface area contributed by atoms with E-state index in [1.165, 1.54) is 18.4 Å². The van der Waals surface area contributed by atoms with Gasteiger partial charge in [-0.3, -0.25) is 0 Å². The molecule has 1 nitrogen and oxygen atoms in total. The molecular weight excluding hydrogens is 240 g/mol. The summed E-state index contributed by atoms with van der Waals surface area (Å²) in [5.41, 5.74) is 1.20. The van der Waals surface area contributed by atoms with Crippen LogP contribution in [0.5, 0.6) is 0 Å². The summed E-state index contributed by atoms with van der Waals surface area (Å²) in [7, 11) is 0. The molecule has 1 N–H and O–H groups in total. The highest BCUT2D eigenvalue weighted by molar-refractivity contribution is 6.42. The molecule has 0 amide bonds. The molecule has 0 heterocycles. The zero-order valence-corrected chi connectivity index (χ0v) is 9.92. The molecule has 0 saturated heterocycles. The molecule has 0 aromatic heterocycles. The molecule has 1 aromatic rings. The third kappa shape index (κ3) is 3.32. The Labute approximate surface area is 100 Å². The van der Waals surface area contributed by atoms with Gasteiger partial charge in [-0.2, -0.15) is 0 Å². The van der Waals surface area contributed by atoms with Gasteiger partial charge in [0.1, 0.15) is 0 Å². The number of rotatable bonds is 3. The van der Waals surface area contributed by atoms with Crippen molar-refractivity contribution in [1.82, 2.24) is 5.32 Å². The highest BCUT2D eigenvalue weighted by atomic mass is 35.5. The molecule has 1 aliphatic rings. The minimum atomic E-state index is 0. The molecule has 0 radical (unpaired) electrons. The summed E-state index contributed by atoms with van der Waals surface area (Å²) in [6.45, 7) is 0.890. The van der Waals surface area contributed by atoms with Gasteiger partial charge < -0.3 is 5.32 Å². The summed E-state index contributed by atoms with van der Waals surface area (Å²) in [6, 6.07) is 6.49. The molecule has 1 fully saturated rings. The Kier molecular flexibility index (Phi) is 4.52. The lowest BCUT2D eigenvalue weighted by Gasteiger charge is -2.03. The Bertz CT molecular complexity index is 310. The van der Waals surface area contributed by atoms with Crippen LogP contribution in [0.25, 0.3) is 0 Å². The summed E-state index contributed by atoms with van der Waals surface area (Å²) in [6.07, 6.45) is 2.61. The third-order valence-electron chi connectivity index (χ3n) is 2.16. The van der Waals surface area contributed by atoms with E-state index >= 15 is 0 Å². The summed E-state index contributed by atoms with van der Waals surface area (Å²) in [5, 5.41) is 4.68. The molecule has 0 bridgehead atoms. The monoisotopic (exact) mass is 251 g/mol.